The van der Waals surface area contributed by atoms with Crippen LogP contribution in [0.5, 0.6) is 0 Å². The Labute approximate surface area is 120 Å². The number of carbonyl (C=O) groups is 3. The van der Waals surface area contributed by atoms with E-state index in [-0.39, 0.29) is 30.9 Å². The van der Waals surface area contributed by atoms with Crippen molar-refractivity contribution in [2.24, 2.45) is 5.92 Å². The highest BCUT2D eigenvalue weighted by Gasteiger charge is 2.21. The van der Waals surface area contributed by atoms with Crippen LogP contribution in [0.1, 0.15) is 47.0 Å². The normalized spacial score (nSPS) is 12.1. The molecule has 0 saturated carbocycles. The van der Waals surface area contributed by atoms with Gasteiger partial charge in [-0.1, -0.05) is 20.8 Å². The molecule has 20 heavy (non-hydrogen) atoms. The van der Waals surface area contributed by atoms with Crippen LogP contribution in [0.4, 0.5) is 0 Å². The van der Waals surface area contributed by atoms with Gasteiger partial charge in [0.2, 0.25) is 11.8 Å². The molecule has 0 spiro atoms. The molecule has 0 aliphatic rings. The van der Waals surface area contributed by atoms with Crippen molar-refractivity contribution in [1.29, 1.82) is 0 Å². The maximum absolute atomic E-state index is 12.0. The Morgan fingerprint density at radius 2 is 1.80 bits per heavy atom. The smallest absolute Gasteiger partial charge is 0.323 e. The van der Waals surface area contributed by atoms with E-state index in [1.807, 2.05) is 20.8 Å². The van der Waals surface area contributed by atoms with Crippen LogP contribution in [0.15, 0.2) is 0 Å². The number of carboxylic acid groups (broad SMARTS) is 1. The maximum atomic E-state index is 12.0. The van der Waals surface area contributed by atoms with Crippen LogP contribution >= 0.6 is 0 Å². The maximum Gasteiger partial charge on any atom is 0.323 e. The number of carboxylic acids is 1. The molecule has 0 heterocycles. The number of aliphatic carboxylic acids is 1. The molecule has 0 saturated heterocycles. The molecule has 6 nitrogen and oxygen atoms in total. The standard InChI is InChI=1S/C14H26N2O4/c1-5-11(4)16(9-14(19)20)13(18)8-15-12(17)7-6-10(2)3/h10-11H,5-9H2,1-4H3,(H,15,17)(H,19,20). The monoisotopic (exact) mass is 286 g/mol. The summed E-state index contributed by atoms with van der Waals surface area (Å²) in [4.78, 5) is 35.6. The van der Waals surface area contributed by atoms with Crippen molar-refractivity contribution >= 4 is 17.8 Å². The van der Waals surface area contributed by atoms with E-state index in [1.165, 1.54) is 4.90 Å². The van der Waals surface area contributed by atoms with Gasteiger partial charge in [0.15, 0.2) is 0 Å². The number of carbonyl (C=O) groups excluding carboxylic acids is 2. The van der Waals surface area contributed by atoms with Gasteiger partial charge in [-0.2, -0.15) is 0 Å². The minimum atomic E-state index is -1.05. The molecule has 2 N–H and O–H groups in total. The fraction of sp³-hybridized carbons (Fsp3) is 0.786. The van der Waals surface area contributed by atoms with E-state index in [2.05, 4.69) is 5.32 Å². The van der Waals surface area contributed by atoms with E-state index in [0.717, 1.165) is 6.42 Å². The SMILES string of the molecule is CCC(C)N(CC(=O)O)C(=O)CNC(=O)CCC(C)C. The first-order chi connectivity index (χ1) is 9.27. The van der Waals surface area contributed by atoms with E-state index in [0.29, 0.717) is 18.8 Å². The molecule has 1 atom stereocenters. The number of amides is 2. The Kier molecular flexibility index (Phi) is 8.59. The molecule has 0 rings (SSSR count). The lowest BCUT2D eigenvalue weighted by Gasteiger charge is -2.27. The van der Waals surface area contributed by atoms with Gasteiger partial charge in [0.1, 0.15) is 6.54 Å². The summed E-state index contributed by atoms with van der Waals surface area (Å²) in [5, 5.41) is 11.4. The topological polar surface area (TPSA) is 86.7 Å². The van der Waals surface area contributed by atoms with Crippen LogP contribution in [0, 0.1) is 5.92 Å². The second-order valence-electron chi connectivity index (χ2n) is 5.38. The summed E-state index contributed by atoms with van der Waals surface area (Å²) < 4.78 is 0. The van der Waals surface area contributed by atoms with Crippen molar-refractivity contribution in [3.8, 4) is 0 Å². The quantitative estimate of drug-likeness (QED) is 0.668. The summed E-state index contributed by atoms with van der Waals surface area (Å²) in [7, 11) is 0. The zero-order valence-corrected chi connectivity index (χ0v) is 12.8. The lowest BCUT2D eigenvalue weighted by Crippen LogP contribution is -2.46. The third-order valence-electron chi connectivity index (χ3n) is 3.13. The highest BCUT2D eigenvalue weighted by molar-refractivity contribution is 5.86. The largest absolute Gasteiger partial charge is 0.480 e. The molecule has 0 aliphatic heterocycles. The zero-order valence-electron chi connectivity index (χ0n) is 12.8. The molecular weight excluding hydrogens is 260 g/mol. The van der Waals surface area contributed by atoms with E-state index >= 15 is 0 Å². The van der Waals surface area contributed by atoms with Crippen LogP contribution < -0.4 is 5.32 Å². The summed E-state index contributed by atoms with van der Waals surface area (Å²) in [5.41, 5.74) is 0. The average molecular weight is 286 g/mol. The summed E-state index contributed by atoms with van der Waals surface area (Å²) >= 11 is 0. The van der Waals surface area contributed by atoms with E-state index < -0.39 is 5.97 Å². The fourth-order valence-electron chi connectivity index (χ4n) is 1.64. The molecular formula is C14H26N2O4. The van der Waals surface area contributed by atoms with Crippen molar-refractivity contribution in [2.75, 3.05) is 13.1 Å². The Hall–Kier alpha value is -1.59. The van der Waals surface area contributed by atoms with Gasteiger partial charge in [0, 0.05) is 12.5 Å². The first-order valence-electron chi connectivity index (χ1n) is 7.05. The zero-order chi connectivity index (χ0) is 15.7. The minimum Gasteiger partial charge on any atom is -0.480 e. The molecule has 6 heteroatoms. The number of hydrogen-bond donors (Lipinski definition) is 2. The molecule has 2 amide bonds. The Bertz CT molecular complexity index is 342. The highest BCUT2D eigenvalue weighted by atomic mass is 16.4. The summed E-state index contributed by atoms with van der Waals surface area (Å²) in [6.07, 6.45) is 1.82. The predicted molar refractivity (Wildman–Crippen MR) is 76.2 cm³/mol. The minimum absolute atomic E-state index is 0.144. The molecule has 116 valence electrons. The van der Waals surface area contributed by atoms with Crippen LogP contribution in [-0.2, 0) is 14.4 Å². The average Bonchev–Trinajstić information content (AvgIpc) is 2.38. The number of rotatable bonds is 9. The highest BCUT2D eigenvalue weighted by Crippen LogP contribution is 2.05. The Morgan fingerprint density at radius 3 is 2.25 bits per heavy atom. The van der Waals surface area contributed by atoms with Gasteiger partial charge < -0.3 is 15.3 Å². The molecule has 0 fully saturated rings. The lowest BCUT2D eigenvalue weighted by molar-refractivity contribution is -0.145. The first kappa shape index (κ1) is 18.4. The number of nitrogens with one attached hydrogen (secondary N) is 1. The summed E-state index contributed by atoms with van der Waals surface area (Å²) in [6, 6.07) is -0.161. The van der Waals surface area contributed by atoms with Gasteiger partial charge in [0.05, 0.1) is 6.54 Å². The fourth-order valence-corrected chi connectivity index (χ4v) is 1.64. The molecule has 0 bridgehead atoms. The second kappa shape index (κ2) is 9.34. The molecule has 0 aromatic carbocycles. The van der Waals surface area contributed by atoms with Crippen molar-refractivity contribution in [1.82, 2.24) is 10.2 Å². The van der Waals surface area contributed by atoms with Crippen molar-refractivity contribution in [3.05, 3.63) is 0 Å². The first-order valence-corrected chi connectivity index (χ1v) is 7.05. The third kappa shape index (κ3) is 7.76. The molecule has 0 aliphatic carbocycles. The lowest BCUT2D eigenvalue weighted by atomic mass is 10.1. The van der Waals surface area contributed by atoms with Crippen LogP contribution in [0.3, 0.4) is 0 Å². The van der Waals surface area contributed by atoms with E-state index in [9.17, 15) is 14.4 Å². The van der Waals surface area contributed by atoms with Gasteiger partial charge in [-0.15, -0.1) is 0 Å². The Morgan fingerprint density at radius 1 is 1.20 bits per heavy atom. The van der Waals surface area contributed by atoms with Crippen molar-refractivity contribution < 1.29 is 19.5 Å². The molecule has 0 aromatic rings. The van der Waals surface area contributed by atoms with Crippen molar-refractivity contribution in [2.45, 2.75) is 53.0 Å². The summed E-state index contributed by atoms with van der Waals surface area (Å²) in [6.45, 7) is 7.24. The van der Waals surface area contributed by atoms with Crippen LogP contribution in [0.2, 0.25) is 0 Å². The van der Waals surface area contributed by atoms with Crippen molar-refractivity contribution in [3.63, 3.8) is 0 Å². The van der Waals surface area contributed by atoms with Gasteiger partial charge >= 0.3 is 5.97 Å². The van der Waals surface area contributed by atoms with Crippen LogP contribution in [-0.4, -0.2) is 46.9 Å². The van der Waals surface area contributed by atoms with E-state index in [4.69, 9.17) is 5.11 Å². The van der Waals surface area contributed by atoms with Gasteiger partial charge in [-0.05, 0) is 25.7 Å². The second-order valence-corrected chi connectivity index (χ2v) is 5.38. The van der Waals surface area contributed by atoms with Crippen LogP contribution in [0.25, 0.3) is 0 Å². The van der Waals surface area contributed by atoms with Gasteiger partial charge in [-0.25, -0.2) is 0 Å². The molecule has 0 aromatic heterocycles. The number of hydrogen-bond acceptors (Lipinski definition) is 3. The summed E-state index contributed by atoms with van der Waals surface area (Å²) in [5.74, 6) is -1.16. The Balaban J connectivity index is 4.32. The van der Waals surface area contributed by atoms with E-state index in [1.54, 1.807) is 6.92 Å². The van der Waals surface area contributed by atoms with Gasteiger partial charge in [-0.3, -0.25) is 14.4 Å². The number of nitrogens with zero attached hydrogens (tertiary/aromatic N) is 1. The molecule has 0 radical (unpaired) electrons. The predicted octanol–water partition coefficient (Wildman–Crippen LogP) is 1.25. The third-order valence-corrected chi connectivity index (χ3v) is 3.13. The molecule has 1 unspecified atom stereocenters. The van der Waals surface area contributed by atoms with Gasteiger partial charge in [0.25, 0.3) is 0 Å².